The van der Waals surface area contributed by atoms with E-state index in [0.717, 1.165) is 0 Å². The van der Waals surface area contributed by atoms with Gasteiger partial charge in [-0.05, 0) is 31.0 Å². The van der Waals surface area contributed by atoms with Crippen LogP contribution in [0.2, 0.25) is 0 Å². The summed E-state index contributed by atoms with van der Waals surface area (Å²) in [5.41, 5.74) is 0.469. The topological polar surface area (TPSA) is 58.6 Å². The van der Waals surface area contributed by atoms with Crippen molar-refractivity contribution in [3.05, 3.63) is 66.0 Å². The van der Waals surface area contributed by atoms with Crippen LogP contribution < -0.4 is 10.1 Å². The van der Waals surface area contributed by atoms with Crippen LogP contribution in [-0.4, -0.2) is 36.4 Å². The highest BCUT2D eigenvalue weighted by Crippen LogP contribution is 2.18. The zero-order valence-electron chi connectivity index (χ0n) is 15.1. The van der Waals surface area contributed by atoms with Crippen LogP contribution in [0.15, 0.2) is 54.6 Å². The number of hydrogen-bond donors (Lipinski definition) is 1. The molecule has 2 aromatic rings. The number of nitrogens with one attached hydrogen (secondary N) is 1. The Labute approximate surface area is 158 Å². The third-order valence-electron chi connectivity index (χ3n) is 4.73. The van der Waals surface area contributed by atoms with Crippen LogP contribution in [0.4, 0.5) is 4.39 Å². The maximum absolute atomic E-state index is 13.6. The highest BCUT2D eigenvalue weighted by atomic mass is 19.1. The number of carbonyl (C=O) groups excluding carboxylic acids is 2. The predicted molar refractivity (Wildman–Crippen MR) is 99.5 cm³/mol. The van der Waals surface area contributed by atoms with Crippen LogP contribution in [0.1, 0.15) is 18.4 Å². The minimum Gasteiger partial charge on any atom is -0.484 e. The van der Waals surface area contributed by atoms with Crippen molar-refractivity contribution in [2.45, 2.75) is 19.4 Å². The van der Waals surface area contributed by atoms with Gasteiger partial charge < -0.3 is 15.0 Å². The number of amides is 2. The standard InChI is InChI=1S/C21H23FN2O3/c22-19-9-5-4-6-17(19)14-23-21(26)16-10-12-24(13-11-16)20(25)15-27-18-7-2-1-3-8-18/h1-9,16H,10-15H2,(H,23,26). The summed E-state index contributed by atoms with van der Waals surface area (Å²) in [7, 11) is 0. The fraction of sp³-hybridized carbons (Fsp3) is 0.333. The van der Waals surface area contributed by atoms with Crippen molar-refractivity contribution in [3.8, 4) is 5.75 Å². The molecule has 1 saturated heterocycles. The van der Waals surface area contributed by atoms with Gasteiger partial charge in [0.15, 0.2) is 6.61 Å². The molecule has 0 radical (unpaired) electrons. The molecule has 1 N–H and O–H groups in total. The van der Waals surface area contributed by atoms with Crippen LogP contribution >= 0.6 is 0 Å². The molecule has 1 fully saturated rings. The van der Waals surface area contributed by atoms with Crippen molar-refractivity contribution in [1.82, 2.24) is 10.2 Å². The molecule has 0 unspecified atom stereocenters. The molecule has 0 bridgehead atoms. The van der Waals surface area contributed by atoms with E-state index >= 15 is 0 Å². The predicted octanol–water partition coefficient (Wildman–Crippen LogP) is 2.76. The van der Waals surface area contributed by atoms with E-state index in [1.54, 1.807) is 35.2 Å². The lowest BCUT2D eigenvalue weighted by molar-refractivity contribution is -0.137. The maximum Gasteiger partial charge on any atom is 0.260 e. The summed E-state index contributed by atoms with van der Waals surface area (Å²) in [4.78, 5) is 26.3. The third kappa shape index (κ3) is 5.29. The van der Waals surface area contributed by atoms with Gasteiger partial charge in [0.1, 0.15) is 11.6 Å². The van der Waals surface area contributed by atoms with E-state index in [-0.39, 0.29) is 36.7 Å². The number of para-hydroxylation sites is 1. The minimum absolute atomic E-state index is 0.00579. The quantitative estimate of drug-likeness (QED) is 0.851. The van der Waals surface area contributed by atoms with Gasteiger partial charge in [-0.15, -0.1) is 0 Å². The van der Waals surface area contributed by atoms with Gasteiger partial charge in [0, 0.05) is 31.1 Å². The summed E-state index contributed by atoms with van der Waals surface area (Å²) in [5.74, 6) is 0.00992. The van der Waals surface area contributed by atoms with Crippen LogP contribution in [0, 0.1) is 11.7 Å². The fourth-order valence-electron chi connectivity index (χ4n) is 3.11. The Kier molecular flexibility index (Phi) is 6.41. The SMILES string of the molecule is O=C(NCc1ccccc1F)C1CCN(C(=O)COc2ccccc2)CC1. The lowest BCUT2D eigenvalue weighted by Crippen LogP contribution is -2.44. The molecular weight excluding hydrogens is 347 g/mol. The summed E-state index contributed by atoms with van der Waals surface area (Å²) in [5, 5.41) is 2.79. The molecule has 27 heavy (non-hydrogen) atoms. The lowest BCUT2D eigenvalue weighted by Gasteiger charge is -2.31. The molecule has 1 heterocycles. The van der Waals surface area contributed by atoms with E-state index in [9.17, 15) is 14.0 Å². The largest absolute Gasteiger partial charge is 0.484 e. The molecule has 2 aromatic carbocycles. The normalized spacial score (nSPS) is 14.6. The van der Waals surface area contributed by atoms with Gasteiger partial charge in [-0.25, -0.2) is 4.39 Å². The fourth-order valence-corrected chi connectivity index (χ4v) is 3.11. The minimum atomic E-state index is -0.323. The number of carbonyl (C=O) groups is 2. The molecule has 2 amide bonds. The van der Waals surface area contributed by atoms with E-state index in [2.05, 4.69) is 5.32 Å². The van der Waals surface area contributed by atoms with E-state index in [1.165, 1.54) is 6.07 Å². The Morgan fingerprint density at radius 2 is 1.70 bits per heavy atom. The first-order valence-electron chi connectivity index (χ1n) is 9.10. The number of hydrogen-bond acceptors (Lipinski definition) is 3. The first kappa shape index (κ1) is 18.9. The number of likely N-dealkylation sites (tertiary alicyclic amines) is 1. The molecule has 0 saturated carbocycles. The molecule has 6 heteroatoms. The Balaban J connectivity index is 1.40. The van der Waals surface area contributed by atoms with Gasteiger partial charge in [-0.3, -0.25) is 9.59 Å². The van der Waals surface area contributed by atoms with Gasteiger partial charge >= 0.3 is 0 Å². The molecule has 142 valence electrons. The van der Waals surface area contributed by atoms with E-state index in [0.29, 0.717) is 37.2 Å². The molecular formula is C21H23FN2O3. The van der Waals surface area contributed by atoms with Gasteiger partial charge in [0.25, 0.3) is 5.91 Å². The Morgan fingerprint density at radius 3 is 2.41 bits per heavy atom. The number of piperidine rings is 1. The average Bonchev–Trinajstić information content (AvgIpc) is 2.72. The van der Waals surface area contributed by atoms with Crippen LogP contribution in [0.3, 0.4) is 0 Å². The van der Waals surface area contributed by atoms with Gasteiger partial charge in [-0.2, -0.15) is 0 Å². The number of nitrogens with zero attached hydrogens (tertiary/aromatic N) is 1. The second kappa shape index (κ2) is 9.16. The second-order valence-electron chi connectivity index (χ2n) is 6.57. The molecule has 0 aromatic heterocycles. The molecule has 1 aliphatic heterocycles. The smallest absolute Gasteiger partial charge is 0.260 e. The third-order valence-corrected chi connectivity index (χ3v) is 4.73. The van der Waals surface area contributed by atoms with Gasteiger partial charge in [0.05, 0.1) is 0 Å². The number of rotatable bonds is 6. The van der Waals surface area contributed by atoms with E-state index in [1.807, 2.05) is 18.2 Å². The number of halogens is 1. The number of ether oxygens (including phenoxy) is 1. The highest BCUT2D eigenvalue weighted by Gasteiger charge is 2.27. The second-order valence-corrected chi connectivity index (χ2v) is 6.57. The monoisotopic (exact) mass is 370 g/mol. The van der Waals surface area contributed by atoms with Crippen LogP contribution in [0.25, 0.3) is 0 Å². The van der Waals surface area contributed by atoms with Crippen molar-refractivity contribution in [2.24, 2.45) is 5.92 Å². The van der Waals surface area contributed by atoms with Gasteiger partial charge in [-0.1, -0.05) is 36.4 Å². The summed E-state index contributed by atoms with van der Waals surface area (Å²) in [6.45, 7) is 1.22. The molecule has 0 spiro atoms. The summed E-state index contributed by atoms with van der Waals surface area (Å²) >= 11 is 0. The van der Waals surface area contributed by atoms with Crippen molar-refractivity contribution < 1.29 is 18.7 Å². The van der Waals surface area contributed by atoms with Crippen molar-refractivity contribution in [3.63, 3.8) is 0 Å². The Hall–Kier alpha value is -2.89. The molecule has 3 rings (SSSR count). The van der Waals surface area contributed by atoms with Crippen LogP contribution in [-0.2, 0) is 16.1 Å². The highest BCUT2D eigenvalue weighted by molar-refractivity contribution is 5.80. The average molecular weight is 370 g/mol. The zero-order valence-corrected chi connectivity index (χ0v) is 15.1. The zero-order chi connectivity index (χ0) is 19.1. The van der Waals surface area contributed by atoms with Crippen LogP contribution in [0.5, 0.6) is 5.75 Å². The lowest BCUT2D eigenvalue weighted by atomic mass is 9.95. The van der Waals surface area contributed by atoms with Crippen molar-refractivity contribution in [2.75, 3.05) is 19.7 Å². The summed E-state index contributed by atoms with van der Waals surface area (Å²) < 4.78 is 19.1. The summed E-state index contributed by atoms with van der Waals surface area (Å²) in [6, 6.07) is 15.6. The number of benzene rings is 2. The molecule has 5 nitrogen and oxygen atoms in total. The molecule has 0 atom stereocenters. The first-order valence-corrected chi connectivity index (χ1v) is 9.10. The molecule has 0 aliphatic carbocycles. The van der Waals surface area contributed by atoms with E-state index < -0.39 is 0 Å². The maximum atomic E-state index is 13.6. The Morgan fingerprint density at radius 1 is 1.04 bits per heavy atom. The van der Waals surface area contributed by atoms with Gasteiger partial charge in [0.2, 0.25) is 5.91 Å². The van der Waals surface area contributed by atoms with E-state index in [4.69, 9.17) is 4.74 Å². The summed E-state index contributed by atoms with van der Waals surface area (Å²) in [6.07, 6.45) is 1.19. The van der Waals surface area contributed by atoms with Crippen molar-refractivity contribution in [1.29, 1.82) is 0 Å². The first-order chi connectivity index (χ1) is 13.1. The van der Waals surface area contributed by atoms with Crippen molar-refractivity contribution >= 4 is 11.8 Å². The molecule has 1 aliphatic rings. The Bertz CT molecular complexity index is 774.